The third-order valence-corrected chi connectivity index (χ3v) is 4.77. The van der Waals surface area contributed by atoms with Gasteiger partial charge in [0.1, 0.15) is 5.82 Å². The van der Waals surface area contributed by atoms with Crippen LogP contribution in [-0.4, -0.2) is 38.5 Å². The second kappa shape index (κ2) is 8.82. The van der Waals surface area contributed by atoms with E-state index >= 15 is 0 Å². The average Bonchev–Trinajstić information content (AvgIpc) is 3.48. The van der Waals surface area contributed by atoms with E-state index in [1.54, 1.807) is 19.2 Å². The van der Waals surface area contributed by atoms with Crippen molar-refractivity contribution >= 4 is 35.8 Å². The molecule has 7 heteroatoms. The first-order chi connectivity index (χ1) is 11.6. The predicted molar refractivity (Wildman–Crippen MR) is 108 cm³/mol. The lowest BCUT2D eigenvalue weighted by Crippen LogP contribution is -2.44. The van der Waals surface area contributed by atoms with Crippen LogP contribution in [0, 0.1) is 11.7 Å². The third-order valence-electron chi connectivity index (χ3n) is 4.77. The maximum Gasteiger partial charge on any atom is 0.223 e. The second-order valence-electron chi connectivity index (χ2n) is 6.71. The maximum absolute atomic E-state index is 13.4. The Morgan fingerprint density at radius 3 is 2.56 bits per heavy atom. The van der Waals surface area contributed by atoms with Crippen molar-refractivity contribution in [1.82, 2.24) is 16.0 Å². The van der Waals surface area contributed by atoms with Crippen molar-refractivity contribution in [3.63, 3.8) is 0 Å². The standard InChI is InChI=1S/C18H25FN4O.HI/c1-20-17(22-10-9-21-16(24)13-5-6-13)23-12-18(7-8-18)14-3-2-4-15(19)11-14;/h2-4,11,13H,5-10,12H2,1H3,(H,21,24)(H2,20,22,23);1H. The molecule has 3 rings (SSSR count). The van der Waals surface area contributed by atoms with Gasteiger partial charge in [-0.3, -0.25) is 9.79 Å². The van der Waals surface area contributed by atoms with Gasteiger partial charge < -0.3 is 16.0 Å². The lowest BCUT2D eigenvalue weighted by Gasteiger charge is -2.19. The number of nitrogens with one attached hydrogen (secondary N) is 3. The van der Waals surface area contributed by atoms with E-state index in [-0.39, 0.29) is 47.0 Å². The molecule has 0 saturated heterocycles. The fraction of sp³-hybridized carbons (Fsp3) is 0.556. The van der Waals surface area contributed by atoms with Crippen molar-refractivity contribution in [2.75, 3.05) is 26.7 Å². The number of hydrogen-bond donors (Lipinski definition) is 3. The Morgan fingerprint density at radius 1 is 1.24 bits per heavy atom. The Labute approximate surface area is 165 Å². The van der Waals surface area contributed by atoms with E-state index in [0.29, 0.717) is 19.0 Å². The number of halogens is 2. The summed E-state index contributed by atoms with van der Waals surface area (Å²) in [7, 11) is 1.72. The SMILES string of the molecule is CN=C(NCCNC(=O)C1CC1)NCC1(c2cccc(F)c2)CC1.I. The lowest BCUT2D eigenvalue weighted by molar-refractivity contribution is -0.122. The molecule has 3 N–H and O–H groups in total. The average molecular weight is 460 g/mol. The van der Waals surface area contributed by atoms with Gasteiger partial charge >= 0.3 is 0 Å². The number of hydrogen-bond acceptors (Lipinski definition) is 2. The van der Waals surface area contributed by atoms with E-state index in [2.05, 4.69) is 20.9 Å². The Bertz CT molecular complexity index is 629. The Hall–Kier alpha value is -1.38. The quantitative estimate of drug-likeness (QED) is 0.253. The molecule has 25 heavy (non-hydrogen) atoms. The first-order valence-corrected chi connectivity index (χ1v) is 8.61. The number of aliphatic imine (C=N–C) groups is 1. The van der Waals surface area contributed by atoms with E-state index in [1.165, 1.54) is 6.07 Å². The van der Waals surface area contributed by atoms with Crippen LogP contribution in [0.2, 0.25) is 0 Å². The molecule has 0 aromatic heterocycles. The summed E-state index contributed by atoms with van der Waals surface area (Å²) in [6, 6.07) is 6.85. The van der Waals surface area contributed by atoms with Crippen LogP contribution >= 0.6 is 24.0 Å². The van der Waals surface area contributed by atoms with E-state index in [9.17, 15) is 9.18 Å². The normalized spacial score (nSPS) is 18.1. The van der Waals surface area contributed by atoms with E-state index in [4.69, 9.17) is 0 Å². The Kier molecular flexibility index (Phi) is 7.04. The number of nitrogens with zero attached hydrogens (tertiary/aromatic N) is 1. The molecule has 1 amide bonds. The van der Waals surface area contributed by atoms with Crippen LogP contribution in [0.1, 0.15) is 31.2 Å². The van der Waals surface area contributed by atoms with E-state index in [0.717, 1.165) is 37.8 Å². The molecule has 0 aliphatic heterocycles. The fourth-order valence-corrected chi connectivity index (χ4v) is 2.87. The number of benzene rings is 1. The van der Waals surface area contributed by atoms with Gasteiger partial charge in [0.25, 0.3) is 0 Å². The highest BCUT2D eigenvalue weighted by atomic mass is 127. The lowest BCUT2D eigenvalue weighted by atomic mass is 9.96. The number of carbonyl (C=O) groups is 1. The summed E-state index contributed by atoms with van der Waals surface area (Å²) in [5, 5.41) is 9.43. The first-order valence-electron chi connectivity index (χ1n) is 8.61. The van der Waals surface area contributed by atoms with Gasteiger partial charge in [-0.05, 0) is 43.4 Å². The van der Waals surface area contributed by atoms with Crippen LogP contribution < -0.4 is 16.0 Å². The largest absolute Gasteiger partial charge is 0.356 e. The van der Waals surface area contributed by atoms with Crippen LogP contribution in [0.15, 0.2) is 29.3 Å². The minimum absolute atomic E-state index is 0. The molecule has 138 valence electrons. The zero-order valence-electron chi connectivity index (χ0n) is 14.5. The van der Waals surface area contributed by atoms with Crippen molar-refractivity contribution < 1.29 is 9.18 Å². The highest BCUT2D eigenvalue weighted by molar-refractivity contribution is 14.0. The van der Waals surface area contributed by atoms with Gasteiger partial charge in [0.15, 0.2) is 5.96 Å². The summed E-state index contributed by atoms with van der Waals surface area (Å²) in [5.74, 6) is 0.914. The Balaban J connectivity index is 0.00000225. The van der Waals surface area contributed by atoms with Crippen LogP contribution in [0.3, 0.4) is 0 Å². The molecule has 0 spiro atoms. The van der Waals surface area contributed by atoms with Crippen molar-refractivity contribution in [2.45, 2.75) is 31.1 Å². The summed E-state index contributed by atoms with van der Waals surface area (Å²) >= 11 is 0. The topological polar surface area (TPSA) is 65.5 Å². The smallest absolute Gasteiger partial charge is 0.223 e. The fourth-order valence-electron chi connectivity index (χ4n) is 2.87. The molecule has 5 nitrogen and oxygen atoms in total. The van der Waals surface area contributed by atoms with Gasteiger partial charge in [0, 0.05) is 38.0 Å². The highest BCUT2D eigenvalue weighted by Gasteiger charge is 2.44. The molecule has 0 unspecified atom stereocenters. The van der Waals surface area contributed by atoms with Crippen LogP contribution in [0.25, 0.3) is 0 Å². The van der Waals surface area contributed by atoms with Crippen molar-refractivity contribution in [3.8, 4) is 0 Å². The molecule has 2 fully saturated rings. The molecule has 1 aromatic rings. The van der Waals surface area contributed by atoms with Gasteiger partial charge in [0.05, 0.1) is 0 Å². The molecular formula is C18H26FIN4O. The molecule has 0 bridgehead atoms. The van der Waals surface area contributed by atoms with E-state index in [1.807, 2.05) is 6.07 Å². The molecule has 0 heterocycles. The molecule has 0 radical (unpaired) electrons. The van der Waals surface area contributed by atoms with Crippen molar-refractivity contribution in [2.24, 2.45) is 10.9 Å². The zero-order chi connectivity index (χ0) is 17.0. The number of carbonyl (C=O) groups excluding carboxylic acids is 1. The maximum atomic E-state index is 13.4. The van der Waals surface area contributed by atoms with Gasteiger partial charge in [-0.2, -0.15) is 0 Å². The predicted octanol–water partition coefficient (Wildman–Crippen LogP) is 2.17. The summed E-state index contributed by atoms with van der Waals surface area (Å²) in [6.45, 7) is 1.95. The van der Waals surface area contributed by atoms with Crippen molar-refractivity contribution in [1.29, 1.82) is 0 Å². The molecule has 2 aliphatic rings. The minimum Gasteiger partial charge on any atom is -0.356 e. The summed E-state index contributed by atoms with van der Waals surface area (Å²) in [6.07, 6.45) is 4.14. The van der Waals surface area contributed by atoms with Gasteiger partial charge in [-0.25, -0.2) is 4.39 Å². The minimum atomic E-state index is -0.187. The molecule has 2 saturated carbocycles. The van der Waals surface area contributed by atoms with E-state index < -0.39 is 0 Å². The highest BCUT2D eigenvalue weighted by Crippen LogP contribution is 2.47. The zero-order valence-corrected chi connectivity index (χ0v) is 16.8. The third kappa shape index (κ3) is 5.55. The molecule has 2 aliphatic carbocycles. The van der Waals surface area contributed by atoms with Crippen LogP contribution in [-0.2, 0) is 10.2 Å². The number of rotatable bonds is 7. The summed E-state index contributed by atoms with van der Waals surface area (Å²) in [5.41, 5.74) is 1.06. The van der Waals surface area contributed by atoms with Crippen LogP contribution in [0.4, 0.5) is 4.39 Å². The summed E-state index contributed by atoms with van der Waals surface area (Å²) < 4.78 is 13.4. The van der Waals surface area contributed by atoms with Gasteiger partial charge in [-0.1, -0.05) is 12.1 Å². The van der Waals surface area contributed by atoms with Gasteiger partial charge in [0.2, 0.25) is 5.91 Å². The van der Waals surface area contributed by atoms with Gasteiger partial charge in [-0.15, -0.1) is 24.0 Å². The van der Waals surface area contributed by atoms with Crippen LogP contribution in [0.5, 0.6) is 0 Å². The number of amides is 1. The molecule has 1 aromatic carbocycles. The molecule has 0 atom stereocenters. The van der Waals surface area contributed by atoms with Crippen molar-refractivity contribution in [3.05, 3.63) is 35.6 Å². The second-order valence-corrected chi connectivity index (χ2v) is 6.71. The Morgan fingerprint density at radius 2 is 1.96 bits per heavy atom. The number of guanidine groups is 1. The first kappa shape index (κ1) is 19.9. The summed E-state index contributed by atoms with van der Waals surface area (Å²) in [4.78, 5) is 15.8. The molecular weight excluding hydrogens is 434 g/mol. The monoisotopic (exact) mass is 460 g/mol.